The third-order valence-corrected chi connectivity index (χ3v) is 2.82. The van der Waals surface area contributed by atoms with Crippen molar-refractivity contribution in [2.24, 2.45) is 0 Å². The van der Waals surface area contributed by atoms with E-state index in [1.165, 1.54) is 5.56 Å². The highest BCUT2D eigenvalue weighted by Gasteiger charge is 2.04. The number of aromatic nitrogens is 1. The number of nitrogens with zero attached hydrogens (tertiary/aromatic N) is 1. The van der Waals surface area contributed by atoms with Crippen molar-refractivity contribution in [3.63, 3.8) is 0 Å². The third kappa shape index (κ3) is 2.33. The van der Waals surface area contributed by atoms with Crippen LogP contribution in [0.15, 0.2) is 41.1 Å². The molecule has 0 radical (unpaired) electrons. The summed E-state index contributed by atoms with van der Waals surface area (Å²) in [6.07, 6.45) is 3.34. The smallest absolute Gasteiger partial charge is 0.0794 e. The second-order valence-corrected chi connectivity index (χ2v) is 4.43. The molecule has 0 spiro atoms. The van der Waals surface area contributed by atoms with Gasteiger partial charge in [0.15, 0.2) is 0 Å². The van der Waals surface area contributed by atoms with Gasteiger partial charge >= 0.3 is 0 Å². The lowest BCUT2D eigenvalue weighted by Gasteiger charge is -2.11. The predicted molar refractivity (Wildman–Crippen MR) is 70.8 cm³/mol. The van der Waals surface area contributed by atoms with Crippen molar-refractivity contribution in [2.45, 2.75) is 6.92 Å². The van der Waals surface area contributed by atoms with Crippen molar-refractivity contribution in [2.75, 3.05) is 11.1 Å². The van der Waals surface area contributed by atoms with E-state index in [4.69, 9.17) is 5.73 Å². The molecule has 0 saturated heterocycles. The van der Waals surface area contributed by atoms with E-state index in [9.17, 15) is 0 Å². The van der Waals surface area contributed by atoms with Crippen LogP contribution in [0.3, 0.4) is 0 Å². The number of pyridine rings is 1. The van der Waals surface area contributed by atoms with Gasteiger partial charge in [0.25, 0.3) is 0 Å². The number of hydrogen-bond donors (Lipinski definition) is 2. The molecule has 4 heteroatoms. The minimum Gasteiger partial charge on any atom is -0.396 e. The number of hydrogen-bond acceptors (Lipinski definition) is 3. The Hall–Kier alpha value is -1.55. The highest BCUT2D eigenvalue weighted by atomic mass is 79.9. The molecule has 0 fully saturated rings. The summed E-state index contributed by atoms with van der Waals surface area (Å²) in [5.74, 6) is 0. The second kappa shape index (κ2) is 4.53. The second-order valence-electron chi connectivity index (χ2n) is 3.58. The van der Waals surface area contributed by atoms with Crippen molar-refractivity contribution in [1.82, 2.24) is 4.98 Å². The Morgan fingerprint density at radius 3 is 2.81 bits per heavy atom. The monoisotopic (exact) mass is 277 g/mol. The van der Waals surface area contributed by atoms with Crippen LogP contribution in [-0.4, -0.2) is 4.98 Å². The van der Waals surface area contributed by atoms with Gasteiger partial charge in [0, 0.05) is 11.9 Å². The summed E-state index contributed by atoms with van der Waals surface area (Å²) < 4.78 is 0.856. The molecule has 2 rings (SSSR count). The van der Waals surface area contributed by atoms with E-state index in [2.05, 4.69) is 45.3 Å². The van der Waals surface area contributed by atoms with Gasteiger partial charge in [-0.1, -0.05) is 12.1 Å². The van der Waals surface area contributed by atoms with Crippen LogP contribution in [0.25, 0.3) is 0 Å². The summed E-state index contributed by atoms with van der Waals surface area (Å²) >= 11 is 3.42. The molecule has 0 amide bonds. The molecule has 82 valence electrons. The molecule has 0 aliphatic carbocycles. The van der Waals surface area contributed by atoms with Gasteiger partial charge in [-0.3, -0.25) is 4.98 Å². The minimum atomic E-state index is 0.621. The van der Waals surface area contributed by atoms with Crippen molar-refractivity contribution in [1.29, 1.82) is 0 Å². The molecule has 1 heterocycles. The molecular formula is C12H12BrN3. The highest BCUT2D eigenvalue weighted by Crippen LogP contribution is 2.30. The number of benzene rings is 1. The molecule has 3 N–H and O–H groups in total. The van der Waals surface area contributed by atoms with E-state index in [-0.39, 0.29) is 0 Å². The Kier molecular flexibility index (Phi) is 3.10. The first-order valence-electron chi connectivity index (χ1n) is 4.89. The average Bonchev–Trinajstić information content (AvgIpc) is 2.24. The Morgan fingerprint density at radius 1 is 1.31 bits per heavy atom. The quantitative estimate of drug-likeness (QED) is 0.884. The fourth-order valence-corrected chi connectivity index (χ4v) is 1.90. The number of aryl methyl sites for hydroxylation is 1. The third-order valence-electron chi connectivity index (χ3n) is 2.22. The number of nitrogen functional groups attached to an aromatic ring is 1. The summed E-state index contributed by atoms with van der Waals surface area (Å²) in [5.41, 5.74) is 9.54. The maximum Gasteiger partial charge on any atom is 0.0794 e. The fourth-order valence-electron chi connectivity index (χ4n) is 1.45. The standard InChI is InChI=1S/C12H12BrN3/c1-8-3-2-4-9(5-8)16-12-10(13)6-15-7-11(12)14/h2-7H,14H2,1H3,(H,15,16). The van der Waals surface area contributed by atoms with Crippen molar-refractivity contribution < 1.29 is 0 Å². The van der Waals surface area contributed by atoms with Crippen LogP contribution < -0.4 is 11.1 Å². The minimum absolute atomic E-state index is 0.621. The maximum atomic E-state index is 5.85. The van der Waals surface area contributed by atoms with Gasteiger partial charge in [-0.25, -0.2) is 0 Å². The molecule has 0 aliphatic rings. The number of nitrogens with two attached hydrogens (primary N) is 1. The molecule has 2 aromatic rings. The molecule has 0 saturated carbocycles. The SMILES string of the molecule is Cc1cccc(Nc2c(N)cncc2Br)c1. The lowest BCUT2D eigenvalue weighted by atomic mass is 10.2. The van der Waals surface area contributed by atoms with Crippen LogP contribution in [0.1, 0.15) is 5.56 Å². The highest BCUT2D eigenvalue weighted by molar-refractivity contribution is 9.10. The van der Waals surface area contributed by atoms with Gasteiger partial charge < -0.3 is 11.1 Å². The molecule has 0 atom stereocenters. The van der Waals surface area contributed by atoms with Crippen molar-refractivity contribution >= 4 is 33.0 Å². The molecule has 1 aromatic heterocycles. The van der Waals surface area contributed by atoms with Crippen LogP contribution in [-0.2, 0) is 0 Å². The van der Waals surface area contributed by atoms with Crippen LogP contribution in [0.5, 0.6) is 0 Å². The summed E-state index contributed by atoms with van der Waals surface area (Å²) in [4.78, 5) is 3.99. The Bertz CT molecular complexity index is 491. The van der Waals surface area contributed by atoms with Gasteiger partial charge in [-0.15, -0.1) is 0 Å². The zero-order chi connectivity index (χ0) is 11.5. The molecule has 0 bridgehead atoms. The first-order chi connectivity index (χ1) is 7.66. The Morgan fingerprint density at radius 2 is 2.12 bits per heavy atom. The summed E-state index contributed by atoms with van der Waals surface area (Å²) in [6.45, 7) is 2.05. The summed E-state index contributed by atoms with van der Waals surface area (Å²) in [7, 11) is 0. The van der Waals surface area contributed by atoms with Crippen LogP contribution in [0, 0.1) is 6.92 Å². The first-order valence-corrected chi connectivity index (χ1v) is 5.69. The lowest BCUT2D eigenvalue weighted by Crippen LogP contribution is -1.98. The molecule has 0 unspecified atom stereocenters. The fraction of sp³-hybridized carbons (Fsp3) is 0.0833. The molecule has 1 aromatic carbocycles. The molecular weight excluding hydrogens is 266 g/mol. The molecule has 3 nitrogen and oxygen atoms in total. The van der Waals surface area contributed by atoms with E-state index in [0.29, 0.717) is 5.69 Å². The van der Waals surface area contributed by atoms with Crippen molar-refractivity contribution in [3.8, 4) is 0 Å². The average molecular weight is 278 g/mol. The van der Waals surface area contributed by atoms with Gasteiger partial charge in [-0.2, -0.15) is 0 Å². The zero-order valence-electron chi connectivity index (χ0n) is 8.87. The number of halogens is 1. The topological polar surface area (TPSA) is 50.9 Å². The normalized spacial score (nSPS) is 10.1. The Labute approximate surface area is 103 Å². The van der Waals surface area contributed by atoms with Crippen LogP contribution in [0.4, 0.5) is 17.1 Å². The van der Waals surface area contributed by atoms with Crippen LogP contribution >= 0.6 is 15.9 Å². The van der Waals surface area contributed by atoms with Gasteiger partial charge in [0.1, 0.15) is 0 Å². The number of anilines is 3. The van der Waals surface area contributed by atoms with E-state index < -0.39 is 0 Å². The Balaban J connectivity index is 2.34. The maximum absolute atomic E-state index is 5.85. The predicted octanol–water partition coefficient (Wildman–Crippen LogP) is 3.48. The zero-order valence-corrected chi connectivity index (χ0v) is 10.5. The van der Waals surface area contributed by atoms with Gasteiger partial charge in [0.2, 0.25) is 0 Å². The van der Waals surface area contributed by atoms with Crippen LogP contribution in [0.2, 0.25) is 0 Å². The summed E-state index contributed by atoms with van der Waals surface area (Å²) in [5, 5.41) is 3.27. The van der Waals surface area contributed by atoms with E-state index >= 15 is 0 Å². The number of nitrogens with one attached hydrogen (secondary N) is 1. The first kappa shape index (κ1) is 11.0. The van der Waals surface area contributed by atoms with E-state index in [1.807, 2.05) is 12.1 Å². The van der Waals surface area contributed by atoms with E-state index in [1.54, 1.807) is 12.4 Å². The van der Waals surface area contributed by atoms with E-state index in [0.717, 1.165) is 15.8 Å². The van der Waals surface area contributed by atoms with Crippen molar-refractivity contribution in [3.05, 3.63) is 46.7 Å². The van der Waals surface area contributed by atoms with Gasteiger partial charge in [-0.05, 0) is 40.5 Å². The largest absolute Gasteiger partial charge is 0.396 e. The lowest BCUT2D eigenvalue weighted by molar-refractivity contribution is 1.31. The summed E-state index contributed by atoms with van der Waals surface area (Å²) in [6, 6.07) is 8.12. The number of rotatable bonds is 2. The molecule has 0 aliphatic heterocycles. The molecule has 16 heavy (non-hydrogen) atoms. The van der Waals surface area contributed by atoms with Gasteiger partial charge in [0.05, 0.1) is 22.0 Å².